The average molecular weight is 392 g/mol. The van der Waals surface area contributed by atoms with E-state index in [0.717, 1.165) is 22.4 Å². The normalized spacial score (nSPS) is 11.0. The minimum absolute atomic E-state index is 0.0542. The lowest BCUT2D eigenvalue weighted by Gasteiger charge is -2.19. The molecule has 0 saturated heterocycles. The summed E-state index contributed by atoms with van der Waals surface area (Å²) in [6, 6.07) is 13.4. The second-order valence-electron chi connectivity index (χ2n) is 7.30. The van der Waals surface area contributed by atoms with Gasteiger partial charge in [-0.3, -0.25) is 4.79 Å². The lowest BCUT2D eigenvalue weighted by atomic mass is 9.92. The summed E-state index contributed by atoms with van der Waals surface area (Å²) in [7, 11) is 1.53. The molecule has 5 nitrogen and oxygen atoms in total. The summed E-state index contributed by atoms with van der Waals surface area (Å²) in [6.45, 7) is 8.42. The van der Waals surface area contributed by atoms with Gasteiger partial charge >= 0.3 is 0 Å². The number of methoxy groups -OCH3 is 1. The van der Waals surface area contributed by atoms with E-state index in [0.29, 0.717) is 23.3 Å². The SMILES string of the molecule is COc1cc(/C=C/C(=O)Nc2c(C(C)C)cccc2C(C)C)ccc1OCC#N. The van der Waals surface area contributed by atoms with Crippen molar-refractivity contribution in [1.29, 1.82) is 5.26 Å². The van der Waals surface area contributed by atoms with Crippen molar-refractivity contribution in [3.63, 3.8) is 0 Å². The lowest BCUT2D eigenvalue weighted by molar-refractivity contribution is -0.111. The number of para-hydroxylation sites is 1. The number of nitrogens with one attached hydrogen (secondary N) is 1. The van der Waals surface area contributed by atoms with Crippen LogP contribution in [0.2, 0.25) is 0 Å². The molecule has 0 heterocycles. The molecule has 0 aliphatic heterocycles. The Morgan fingerprint density at radius 2 is 1.76 bits per heavy atom. The number of ether oxygens (including phenoxy) is 2. The van der Waals surface area contributed by atoms with Crippen molar-refractivity contribution in [2.45, 2.75) is 39.5 Å². The van der Waals surface area contributed by atoms with Gasteiger partial charge in [0, 0.05) is 11.8 Å². The quantitative estimate of drug-likeness (QED) is 0.603. The van der Waals surface area contributed by atoms with Crippen LogP contribution in [0, 0.1) is 11.3 Å². The maximum absolute atomic E-state index is 12.6. The van der Waals surface area contributed by atoms with Crippen molar-refractivity contribution in [3.05, 3.63) is 59.2 Å². The molecular formula is C24H28N2O3. The molecule has 2 aromatic rings. The molecule has 0 aromatic heterocycles. The van der Waals surface area contributed by atoms with E-state index in [4.69, 9.17) is 14.7 Å². The Hall–Kier alpha value is -3.26. The fourth-order valence-electron chi connectivity index (χ4n) is 3.05. The van der Waals surface area contributed by atoms with Crippen LogP contribution in [0.15, 0.2) is 42.5 Å². The molecule has 2 rings (SSSR count). The molecule has 0 saturated carbocycles. The Bertz CT molecular complexity index is 898. The standard InChI is InChI=1S/C24H28N2O3/c1-16(2)19-7-6-8-20(17(3)4)24(19)26-23(27)12-10-18-9-11-21(29-14-13-25)22(15-18)28-5/h6-12,15-17H,14H2,1-5H3,(H,26,27)/b12-10+. The van der Waals surface area contributed by atoms with Crippen LogP contribution in [-0.4, -0.2) is 19.6 Å². The fraction of sp³-hybridized carbons (Fsp3) is 0.333. The maximum Gasteiger partial charge on any atom is 0.248 e. The van der Waals surface area contributed by atoms with Gasteiger partial charge in [-0.05, 0) is 46.7 Å². The summed E-state index contributed by atoms with van der Waals surface area (Å²) in [4.78, 5) is 12.6. The Balaban J connectivity index is 2.22. The van der Waals surface area contributed by atoms with Crippen LogP contribution in [0.5, 0.6) is 11.5 Å². The van der Waals surface area contributed by atoms with Gasteiger partial charge in [-0.25, -0.2) is 0 Å². The maximum atomic E-state index is 12.6. The molecule has 0 aliphatic rings. The Labute approximate surface area is 173 Å². The van der Waals surface area contributed by atoms with E-state index >= 15 is 0 Å². The Morgan fingerprint density at radius 3 is 2.31 bits per heavy atom. The van der Waals surface area contributed by atoms with Crippen molar-refractivity contribution in [1.82, 2.24) is 0 Å². The van der Waals surface area contributed by atoms with E-state index < -0.39 is 0 Å². The van der Waals surface area contributed by atoms with Gasteiger partial charge in [0.1, 0.15) is 6.07 Å². The fourth-order valence-corrected chi connectivity index (χ4v) is 3.05. The van der Waals surface area contributed by atoms with Gasteiger partial charge in [0.15, 0.2) is 18.1 Å². The zero-order chi connectivity index (χ0) is 21.4. The van der Waals surface area contributed by atoms with E-state index in [9.17, 15) is 4.79 Å². The molecule has 5 heteroatoms. The van der Waals surface area contributed by atoms with E-state index in [-0.39, 0.29) is 12.5 Å². The first kappa shape index (κ1) is 22.0. The first-order valence-corrected chi connectivity index (χ1v) is 9.67. The van der Waals surface area contributed by atoms with Crippen LogP contribution in [0.3, 0.4) is 0 Å². The second-order valence-corrected chi connectivity index (χ2v) is 7.30. The molecule has 152 valence electrons. The number of hydrogen-bond acceptors (Lipinski definition) is 4. The van der Waals surface area contributed by atoms with Crippen LogP contribution in [-0.2, 0) is 4.79 Å². The number of rotatable bonds is 8. The largest absolute Gasteiger partial charge is 0.493 e. The van der Waals surface area contributed by atoms with Gasteiger partial charge < -0.3 is 14.8 Å². The van der Waals surface area contributed by atoms with Crippen molar-refractivity contribution in [2.75, 3.05) is 19.0 Å². The molecule has 1 N–H and O–H groups in total. The highest BCUT2D eigenvalue weighted by atomic mass is 16.5. The molecule has 1 amide bonds. The van der Waals surface area contributed by atoms with Gasteiger partial charge in [-0.1, -0.05) is 52.0 Å². The van der Waals surface area contributed by atoms with Gasteiger partial charge in [0.2, 0.25) is 5.91 Å². The number of amides is 1. The second kappa shape index (κ2) is 10.3. The monoisotopic (exact) mass is 392 g/mol. The number of nitrogens with zero attached hydrogens (tertiary/aromatic N) is 1. The average Bonchev–Trinajstić information content (AvgIpc) is 2.70. The molecule has 0 radical (unpaired) electrons. The van der Waals surface area contributed by atoms with Crippen molar-refractivity contribution >= 4 is 17.7 Å². The molecule has 2 aromatic carbocycles. The first-order chi connectivity index (χ1) is 13.9. The Morgan fingerprint density at radius 1 is 1.10 bits per heavy atom. The summed E-state index contributed by atoms with van der Waals surface area (Å²) >= 11 is 0. The summed E-state index contributed by atoms with van der Waals surface area (Å²) < 4.78 is 10.6. The highest BCUT2D eigenvalue weighted by Crippen LogP contribution is 2.32. The van der Waals surface area contributed by atoms with Crippen molar-refractivity contribution < 1.29 is 14.3 Å². The number of anilines is 1. The minimum atomic E-state index is -0.191. The van der Waals surface area contributed by atoms with Crippen LogP contribution in [0.1, 0.15) is 56.2 Å². The van der Waals surface area contributed by atoms with E-state index in [1.165, 1.54) is 13.2 Å². The van der Waals surface area contributed by atoms with Crippen molar-refractivity contribution in [3.8, 4) is 17.6 Å². The molecule has 0 spiro atoms. The zero-order valence-electron chi connectivity index (χ0n) is 17.7. The minimum Gasteiger partial charge on any atom is -0.493 e. The van der Waals surface area contributed by atoms with Crippen LogP contribution < -0.4 is 14.8 Å². The van der Waals surface area contributed by atoms with Crippen LogP contribution in [0.4, 0.5) is 5.69 Å². The third-order valence-electron chi connectivity index (χ3n) is 4.53. The van der Waals surface area contributed by atoms with E-state index in [1.54, 1.807) is 24.3 Å². The Kier molecular flexibility index (Phi) is 7.85. The lowest BCUT2D eigenvalue weighted by Crippen LogP contribution is -2.13. The van der Waals surface area contributed by atoms with Gasteiger partial charge in [0.25, 0.3) is 0 Å². The van der Waals surface area contributed by atoms with Gasteiger partial charge in [0.05, 0.1) is 7.11 Å². The topological polar surface area (TPSA) is 71.3 Å². The molecule has 0 unspecified atom stereocenters. The number of nitriles is 1. The number of benzene rings is 2. The third kappa shape index (κ3) is 5.86. The van der Waals surface area contributed by atoms with Gasteiger partial charge in [-0.2, -0.15) is 5.26 Å². The molecule has 0 atom stereocenters. The van der Waals surface area contributed by atoms with Crippen molar-refractivity contribution in [2.24, 2.45) is 0 Å². The number of carbonyl (C=O) groups excluding carboxylic acids is 1. The third-order valence-corrected chi connectivity index (χ3v) is 4.53. The molecule has 0 bridgehead atoms. The summed E-state index contributed by atoms with van der Waals surface area (Å²) in [5.41, 5.74) is 3.93. The zero-order valence-corrected chi connectivity index (χ0v) is 17.7. The summed E-state index contributed by atoms with van der Waals surface area (Å²) in [5, 5.41) is 11.7. The number of hydrogen-bond donors (Lipinski definition) is 1. The van der Waals surface area contributed by atoms with Crippen LogP contribution in [0.25, 0.3) is 6.08 Å². The molecule has 29 heavy (non-hydrogen) atoms. The summed E-state index contributed by atoms with van der Waals surface area (Å²) in [5.74, 6) is 1.42. The van der Waals surface area contributed by atoms with Gasteiger partial charge in [-0.15, -0.1) is 0 Å². The van der Waals surface area contributed by atoms with E-state index in [1.807, 2.05) is 12.1 Å². The summed E-state index contributed by atoms with van der Waals surface area (Å²) in [6.07, 6.45) is 3.23. The highest BCUT2D eigenvalue weighted by molar-refractivity contribution is 6.03. The molecule has 0 aliphatic carbocycles. The van der Waals surface area contributed by atoms with Crippen LogP contribution >= 0.6 is 0 Å². The predicted octanol–water partition coefficient (Wildman–Crippen LogP) is 5.50. The smallest absolute Gasteiger partial charge is 0.248 e. The van der Waals surface area contributed by atoms with E-state index in [2.05, 4.69) is 45.1 Å². The highest BCUT2D eigenvalue weighted by Gasteiger charge is 2.15. The first-order valence-electron chi connectivity index (χ1n) is 9.67. The molecular weight excluding hydrogens is 364 g/mol. The molecule has 0 fully saturated rings. The predicted molar refractivity (Wildman–Crippen MR) is 116 cm³/mol. The number of carbonyl (C=O) groups is 1.